The van der Waals surface area contributed by atoms with E-state index in [1.54, 1.807) is 0 Å². The maximum atomic E-state index is 11.6. The van der Waals surface area contributed by atoms with Gasteiger partial charge < -0.3 is 10.1 Å². The molecule has 0 radical (unpaired) electrons. The van der Waals surface area contributed by atoms with Gasteiger partial charge in [0.1, 0.15) is 5.02 Å². The van der Waals surface area contributed by atoms with Crippen molar-refractivity contribution >= 4 is 35.2 Å². The molecule has 9 nitrogen and oxygen atoms in total. The number of amides is 3. The van der Waals surface area contributed by atoms with Crippen LogP contribution in [0, 0.1) is 10.1 Å². The fourth-order valence-electron chi connectivity index (χ4n) is 1.22. The first-order valence-corrected chi connectivity index (χ1v) is 5.85. The standard InChI is InChI=1S/C11H10ClN3O6/c1-13-11(18)14-9(16)5-21-10(17)6-2-3-7(12)8(4-6)15(19)20/h2-4H,5H2,1H3,(H2,13,14,16,18). The number of carbonyl (C=O) groups is 3. The quantitative estimate of drug-likeness (QED) is 0.482. The normalized spacial score (nSPS) is 9.62. The Morgan fingerprint density at radius 1 is 1.38 bits per heavy atom. The molecule has 0 saturated carbocycles. The summed E-state index contributed by atoms with van der Waals surface area (Å²) < 4.78 is 4.61. The van der Waals surface area contributed by atoms with Crippen molar-refractivity contribution in [3.63, 3.8) is 0 Å². The number of urea groups is 1. The number of nitrogens with zero attached hydrogens (tertiary/aromatic N) is 1. The van der Waals surface area contributed by atoms with Crippen LogP contribution >= 0.6 is 11.6 Å². The van der Waals surface area contributed by atoms with E-state index in [4.69, 9.17) is 11.6 Å². The van der Waals surface area contributed by atoms with Crippen LogP contribution in [0.5, 0.6) is 0 Å². The van der Waals surface area contributed by atoms with Crippen molar-refractivity contribution in [3.05, 3.63) is 38.9 Å². The minimum atomic E-state index is -0.957. The summed E-state index contributed by atoms with van der Waals surface area (Å²) in [6, 6.07) is 2.56. The summed E-state index contributed by atoms with van der Waals surface area (Å²) in [5.74, 6) is -1.80. The Kier molecular flexibility index (Phi) is 5.61. The molecule has 0 aliphatic rings. The van der Waals surface area contributed by atoms with E-state index in [1.165, 1.54) is 19.2 Å². The number of halogens is 1. The fraction of sp³-hybridized carbons (Fsp3) is 0.182. The molecule has 21 heavy (non-hydrogen) atoms. The largest absolute Gasteiger partial charge is 0.452 e. The van der Waals surface area contributed by atoms with Gasteiger partial charge in [-0.25, -0.2) is 9.59 Å². The molecular formula is C11H10ClN3O6. The van der Waals surface area contributed by atoms with Crippen LogP contribution in [0.3, 0.4) is 0 Å². The molecule has 0 heterocycles. The highest BCUT2D eigenvalue weighted by Gasteiger charge is 2.18. The molecule has 0 aliphatic carbocycles. The molecule has 0 aliphatic heterocycles. The lowest BCUT2D eigenvalue weighted by Crippen LogP contribution is -2.39. The second-order valence-corrected chi connectivity index (χ2v) is 4.03. The number of ether oxygens (including phenoxy) is 1. The molecule has 0 saturated heterocycles. The smallest absolute Gasteiger partial charge is 0.338 e. The van der Waals surface area contributed by atoms with Crippen LogP contribution in [0.25, 0.3) is 0 Å². The second-order valence-electron chi connectivity index (χ2n) is 3.63. The van der Waals surface area contributed by atoms with E-state index in [0.29, 0.717) is 0 Å². The Labute approximate surface area is 123 Å². The summed E-state index contributed by atoms with van der Waals surface area (Å²) in [7, 11) is 1.31. The van der Waals surface area contributed by atoms with E-state index in [9.17, 15) is 24.5 Å². The van der Waals surface area contributed by atoms with Crippen molar-refractivity contribution in [2.75, 3.05) is 13.7 Å². The number of hydrogen-bond donors (Lipinski definition) is 2. The Balaban J connectivity index is 2.68. The molecule has 0 unspecified atom stereocenters. The molecular weight excluding hydrogens is 306 g/mol. The number of benzene rings is 1. The van der Waals surface area contributed by atoms with Crippen LogP contribution in [0.4, 0.5) is 10.5 Å². The summed E-state index contributed by atoms with van der Waals surface area (Å²) in [5, 5.41) is 14.6. The van der Waals surface area contributed by atoms with Gasteiger partial charge in [0.15, 0.2) is 6.61 Å². The average Bonchev–Trinajstić information content (AvgIpc) is 2.44. The van der Waals surface area contributed by atoms with E-state index in [0.717, 1.165) is 6.07 Å². The monoisotopic (exact) mass is 315 g/mol. The Morgan fingerprint density at radius 3 is 2.62 bits per heavy atom. The molecule has 0 aromatic heterocycles. The molecule has 0 atom stereocenters. The third-order valence-corrected chi connectivity index (χ3v) is 2.51. The number of carbonyl (C=O) groups excluding carboxylic acids is 3. The first-order valence-electron chi connectivity index (χ1n) is 5.47. The Hall–Kier alpha value is -2.68. The predicted octanol–water partition coefficient (Wildman–Crippen LogP) is 0.861. The molecule has 2 N–H and O–H groups in total. The van der Waals surface area contributed by atoms with E-state index < -0.39 is 35.1 Å². The number of esters is 1. The van der Waals surface area contributed by atoms with Gasteiger partial charge in [0, 0.05) is 13.1 Å². The van der Waals surface area contributed by atoms with Crippen molar-refractivity contribution in [1.29, 1.82) is 0 Å². The summed E-state index contributed by atoms with van der Waals surface area (Å²) in [4.78, 5) is 43.6. The highest BCUT2D eigenvalue weighted by Crippen LogP contribution is 2.25. The molecule has 3 amide bonds. The first kappa shape index (κ1) is 16.4. The van der Waals surface area contributed by atoms with Crippen molar-refractivity contribution in [2.24, 2.45) is 0 Å². The summed E-state index contributed by atoms with van der Waals surface area (Å²) >= 11 is 5.59. The molecule has 1 aromatic rings. The summed E-state index contributed by atoms with van der Waals surface area (Å²) in [6.07, 6.45) is 0. The zero-order valence-corrected chi connectivity index (χ0v) is 11.5. The van der Waals surface area contributed by atoms with Crippen molar-refractivity contribution in [1.82, 2.24) is 10.6 Å². The van der Waals surface area contributed by atoms with Crippen LogP contribution in [0.2, 0.25) is 5.02 Å². The summed E-state index contributed by atoms with van der Waals surface area (Å²) in [6.45, 7) is -0.706. The van der Waals surface area contributed by atoms with Crippen LogP contribution < -0.4 is 10.6 Å². The van der Waals surface area contributed by atoms with Gasteiger partial charge >= 0.3 is 12.0 Å². The van der Waals surface area contributed by atoms with Gasteiger partial charge in [-0.1, -0.05) is 11.6 Å². The third kappa shape index (κ3) is 4.73. The Morgan fingerprint density at radius 2 is 2.05 bits per heavy atom. The molecule has 1 rings (SSSR count). The van der Waals surface area contributed by atoms with Gasteiger partial charge in [-0.15, -0.1) is 0 Å². The van der Waals surface area contributed by atoms with Gasteiger partial charge in [0.2, 0.25) is 0 Å². The molecule has 0 spiro atoms. The SMILES string of the molecule is CNC(=O)NC(=O)COC(=O)c1ccc(Cl)c([N+](=O)[O-])c1. The molecule has 10 heteroatoms. The lowest BCUT2D eigenvalue weighted by atomic mass is 10.2. The number of nitro benzene ring substituents is 1. The van der Waals surface area contributed by atoms with Gasteiger partial charge in [0.25, 0.3) is 11.6 Å². The van der Waals surface area contributed by atoms with Gasteiger partial charge in [-0.3, -0.25) is 20.2 Å². The van der Waals surface area contributed by atoms with Gasteiger partial charge in [-0.05, 0) is 12.1 Å². The zero-order chi connectivity index (χ0) is 16.0. The van der Waals surface area contributed by atoms with E-state index in [2.05, 4.69) is 10.1 Å². The van der Waals surface area contributed by atoms with E-state index >= 15 is 0 Å². The van der Waals surface area contributed by atoms with E-state index in [1.807, 2.05) is 5.32 Å². The minimum absolute atomic E-state index is 0.131. The predicted molar refractivity (Wildman–Crippen MR) is 71.0 cm³/mol. The number of nitrogens with one attached hydrogen (secondary N) is 2. The Bertz CT molecular complexity index is 604. The molecule has 0 fully saturated rings. The topological polar surface area (TPSA) is 128 Å². The van der Waals surface area contributed by atoms with Crippen LogP contribution in [0.1, 0.15) is 10.4 Å². The molecule has 1 aromatic carbocycles. The fourth-order valence-corrected chi connectivity index (χ4v) is 1.41. The van der Waals surface area contributed by atoms with Crippen molar-refractivity contribution in [2.45, 2.75) is 0 Å². The highest BCUT2D eigenvalue weighted by molar-refractivity contribution is 6.32. The highest BCUT2D eigenvalue weighted by atomic mass is 35.5. The van der Waals surface area contributed by atoms with Crippen molar-refractivity contribution < 1.29 is 24.0 Å². The summed E-state index contributed by atoms with van der Waals surface area (Å²) in [5.41, 5.74) is -0.597. The number of nitro groups is 1. The number of imide groups is 1. The van der Waals surface area contributed by atoms with Gasteiger partial charge in [0.05, 0.1) is 10.5 Å². The lowest BCUT2D eigenvalue weighted by molar-refractivity contribution is -0.384. The molecule has 0 bridgehead atoms. The van der Waals surface area contributed by atoms with Gasteiger partial charge in [-0.2, -0.15) is 0 Å². The average molecular weight is 316 g/mol. The van der Waals surface area contributed by atoms with Crippen molar-refractivity contribution in [3.8, 4) is 0 Å². The van der Waals surface area contributed by atoms with E-state index in [-0.39, 0.29) is 10.6 Å². The first-order chi connectivity index (χ1) is 9.85. The van der Waals surface area contributed by atoms with Crippen LogP contribution in [-0.2, 0) is 9.53 Å². The van der Waals surface area contributed by atoms with Crippen LogP contribution in [0.15, 0.2) is 18.2 Å². The second kappa shape index (κ2) is 7.20. The minimum Gasteiger partial charge on any atom is -0.452 e. The maximum Gasteiger partial charge on any atom is 0.338 e. The third-order valence-electron chi connectivity index (χ3n) is 2.19. The molecule has 112 valence electrons. The maximum absolute atomic E-state index is 11.6. The lowest BCUT2D eigenvalue weighted by Gasteiger charge is -2.05. The van der Waals surface area contributed by atoms with Crippen LogP contribution in [-0.4, -0.2) is 36.5 Å². The number of hydrogen-bond acceptors (Lipinski definition) is 6. The zero-order valence-electron chi connectivity index (χ0n) is 10.7. The number of rotatable bonds is 4.